The van der Waals surface area contributed by atoms with Crippen LogP contribution in [0.5, 0.6) is 0 Å². The lowest BCUT2D eigenvalue weighted by atomic mass is 9.95. The van der Waals surface area contributed by atoms with Crippen molar-refractivity contribution in [3.63, 3.8) is 0 Å². The number of morpholine rings is 1. The van der Waals surface area contributed by atoms with Crippen molar-refractivity contribution in [1.29, 1.82) is 0 Å². The van der Waals surface area contributed by atoms with Crippen molar-refractivity contribution >= 4 is 21.6 Å². The van der Waals surface area contributed by atoms with Gasteiger partial charge in [-0.15, -0.1) is 0 Å². The number of carbonyl (C=O) groups is 1. The summed E-state index contributed by atoms with van der Waals surface area (Å²) in [5.74, 6) is -0.433. The summed E-state index contributed by atoms with van der Waals surface area (Å²) in [6, 6.07) is 14.5. The first kappa shape index (κ1) is 20.5. The van der Waals surface area contributed by atoms with Gasteiger partial charge < -0.3 is 10.1 Å². The molecule has 1 aliphatic rings. The third kappa shape index (κ3) is 4.43. The summed E-state index contributed by atoms with van der Waals surface area (Å²) in [4.78, 5) is 13.1. The zero-order chi connectivity index (χ0) is 20.1. The molecule has 28 heavy (non-hydrogen) atoms. The maximum absolute atomic E-state index is 12.9. The number of sulfonamides is 1. The Morgan fingerprint density at radius 1 is 1.14 bits per heavy atom. The van der Waals surface area contributed by atoms with Crippen LogP contribution in [-0.2, 0) is 19.6 Å². The SMILES string of the molecule is CC[C@@H](C(=O)Nc1cc(S(=O)(=O)N2CCOCC2)ccc1C)c1ccccc1. The molecule has 1 atom stereocenters. The summed E-state index contributed by atoms with van der Waals surface area (Å²) in [7, 11) is -3.61. The van der Waals surface area contributed by atoms with E-state index in [1.807, 2.05) is 44.2 Å². The minimum atomic E-state index is -3.61. The van der Waals surface area contributed by atoms with E-state index in [1.54, 1.807) is 18.2 Å². The molecule has 1 fully saturated rings. The third-order valence-corrected chi connectivity index (χ3v) is 6.90. The number of benzene rings is 2. The highest BCUT2D eigenvalue weighted by Crippen LogP contribution is 2.26. The number of ether oxygens (including phenoxy) is 1. The van der Waals surface area contributed by atoms with E-state index < -0.39 is 10.0 Å². The van der Waals surface area contributed by atoms with Crippen LogP contribution in [0.15, 0.2) is 53.4 Å². The average molecular weight is 403 g/mol. The zero-order valence-electron chi connectivity index (χ0n) is 16.2. The summed E-state index contributed by atoms with van der Waals surface area (Å²) >= 11 is 0. The van der Waals surface area contributed by atoms with Crippen molar-refractivity contribution in [3.05, 3.63) is 59.7 Å². The van der Waals surface area contributed by atoms with Gasteiger partial charge in [0.15, 0.2) is 0 Å². The molecule has 0 spiro atoms. The number of hydrogen-bond acceptors (Lipinski definition) is 4. The molecule has 7 heteroatoms. The summed E-state index contributed by atoms with van der Waals surface area (Å²) in [6.45, 7) is 5.27. The molecule has 3 rings (SSSR count). The summed E-state index contributed by atoms with van der Waals surface area (Å²) in [6.07, 6.45) is 0.653. The lowest BCUT2D eigenvalue weighted by Crippen LogP contribution is -2.40. The second kappa shape index (κ2) is 8.86. The number of aryl methyl sites for hydroxylation is 1. The first-order valence-corrected chi connectivity index (χ1v) is 10.9. The van der Waals surface area contributed by atoms with Crippen LogP contribution in [0.25, 0.3) is 0 Å². The largest absolute Gasteiger partial charge is 0.379 e. The standard InChI is InChI=1S/C21H26N2O4S/c1-3-19(17-7-5-4-6-8-17)21(24)22-20-15-18(10-9-16(20)2)28(25,26)23-11-13-27-14-12-23/h4-10,15,19H,3,11-14H2,1-2H3,(H,22,24)/t19-/m1/s1. The highest BCUT2D eigenvalue weighted by atomic mass is 32.2. The zero-order valence-corrected chi connectivity index (χ0v) is 17.0. The van der Waals surface area contributed by atoms with Gasteiger partial charge in [0.2, 0.25) is 15.9 Å². The molecule has 0 aromatic heterocycles. The lowest BCUT2D eigenvalue weighted by molar-refractivity contribution is -0.117. The van der Waals surface area contributed by atoms with E-state index in [9.17, 15) is 13.2 Å². The molecule has 2 aromatic carbocycles. The van der Waals surface area contributed by atoms with Crippen LogP contribution in [-0.4, -0.2) is 44.9 Å². The van der Waals surface area contributed by atoms with Crippen molar-refractivity contribution in [3.8, 4) is 0 Å². The van der Waals surface area contributed by atoms with Gasteiger partial charge in [-0.1, -0.05) is 43.3 Å². The fraction of sp³-hybridized carbons (Fsp3) is 0.381. The first-order valence-electron chi connectivity index (χ1n) is 9.48. The Morgan fingerprint density at radius 3 is 2.46 bits per heavy atom. The lowest BCUT2D eigenvalue weighted by Gasteiger charge is -2.26. The van der Waals surface area contributed by atoms with Crippen LogP contribution >= 0.6 is 0 Å². The van der Waals surface area contributed by atoms with Gasteiger partial charge in [0.1, 0.15) is 0 Å². The molecule has 1 aliphatic heterocycles. The fourth-order valence-corrected chi connectivity index (χ4v) is 4.74. The van der Waals surface area contributed by atoms with Crippen molar-refractivity contribution in [1.82, 2.24) is 4.31 Å². The van der Waals surface area contributed by atoms with Gasteiger partial charge in [-0.3, -0.25) is 4.79 Å². The van der Waals surface area contributed by atoms with Crippen LogP contribution in [0.4, 0.5) is 5.69 Å². The van der Waals surface area contributed by atoms with Crippen LogP contribution in [0.1, 0.15) is 30.4 Å². The van der Waals surface area contributed by atoms with Crippen LogP contribution in [0, 0.1) is 6.92 Å². The molecule has 6 nitrogen and oxygen atoms in total. The van der Waals surface area contributed by atoms with Crippen LogP contribution < -0.4 is 5.32 Å². The fourth-order valence-electron chi connectivity index (χ4n) is 3.31. The molecular formula is C21H26N2O4S. The number of anilines is 1. The molecule has 1 amide bonds. The minimum Gasteiger partial charge on any atom is -0.379 e. The smallest absolute Gasteiger partial charge is 0.243 e. The van der Waals surface area contributed by atoms with Crippen molar-refractivity contribution in [2.24, 2.45) is 0 Å². The Hall–Kier alpha value is -2.22. The molecule has 1 saturated heterocycles. The number of rotatable bonds is 6. The third-order valence-electron chi connectivity index (χ3n) is 5.00. The number of nitrogens with zero attached hydrogens (tertiary/aromatic N) is 1. The molecule has 0 bridgehead atoms. The molecule has 0 unspecified atom stereocenters. The van der Waals surface area contributed by atoms with Crippen molar-refractivity contribution in [2.75, 3.05) is 31.6 Å². The van der Waals surface area contributed by atoms with E-state index in [-0.39, 0.29) is 16.7 Å². The van der Waals surface area contributed by atoms with Gasteiger partial charge in [-0.25, -0.2) is 8.42 Å². The maximum Gasteiger partial charge on any atom is 0.243 e. The quantitative estimate of drug-likeness (QED) is 0.805. The average Bonchev–Trinajstić information content (AvgIpc) is 2.71. The van der Waals surface area contributed by atoms with E-state index >= 15 is 0 Å². The molecule has 2 aromatic rings. The Labute approximate surface area is 166 Å². The normalized spacial score (nSPS) is 16.5. The first-order chi connectivity index (χ1) is 13.4. The predicted octanol–water partition coefficient (Wildman–Crippen LogP) is 3.15. The van der Waals surface area contributed by atoms with E-state index in [2.05, 4.69) is 5.32 Å². The van der Waals surface area contributed by atoms with Gasteiger partial charge in [0, 0.05) is 18.8 Å². The maximum atomic E-state index is 12.9. The number of carbonyl (C=O) groups excluding carboxylic acids is 1. The molecular weight excluding hydrogens is 376 g/mol. The highest BCUT2D eigenvalue weighted by Gasteiger charge is 2.27. The molecule has 1 heterocycles. The molecule has 150 valence electrons. The Bertz CT molecular complexity index is 923. The predicted molar refractivity (Wildman–Crippen MR) is 109 cm³/mol. The molecule has 1 N–H and O–H groups in total. The second-order valence-corrected chi connectivity index (χ2v) is 8.79. The van der Waals surface area contributed by atoms with Crippen molar-refractivity contribution < 1.29 is 17.9 Å². The Balaban J connectivity index is 1.84. The molecule has 0 radical (unpaired) electrons. The summed E-state index contributed by atoms with van der Waals surface area (Å²) in [5.41, 5.74) is 2.28. The second-order valence-electron chi connectivity index (χ2n) is 6.85. The monoisotopic (exact) mass is 402 g/mol. The van der Waals surface area contributed by atoms with E-state index in [4.69, 9.17) is 4.74 Å². The number of amides is 1. The van der Waals surface area contributed by atoms with E-state index in [1.165, 1.54) is 4.31 Å². The number of hydrogen-bond donors (Lipinski definition) is 1. The van der Waals surface area contributed by atoms with Crippen LogP contribution in [0.2, 0.25) is 0 Å². The van der Waals surface area contributed by atoms with Crippen LogP contribution in [0.3, 0.4) is 0 Å². The van der Waals surface area contributed by atoms with E-state index in [0.717, 1.165) is 11.1 Å². The van der Waals surface area contributed by atoms with E-state index in [0.29, 0.717) is 38.4 Å². The van der Waals surface area contributed by atoms with Crippen molar-refractivity contribution in [2.45, 2.75) is 31.1 Å². The Morgan fingerprint density at radius 2 is 1.82 bits per heavy atom. The Kier molecular flexibility index (Phi) is 6.49. The van der Waals surface area contributed by atoms with Gasteiger partial charge in [-0.2, -0.15) is 4.31 Å². The van der Waals surface area contributed by atoms with Gasteiger partial charge in [-0.05, 0) is 36.6 Å². The summed E-state index contributed by atoms with van der Waals surface area (Å²) in [5, 5.41) is 2.93. The van der Waals surface area contributed by atoms with Gasteiger partial charge in [0.05, 0.1) is 24.0 Å². The molecule has 0 aliphatic carbocycles. The van der Waals surface area contributed by atoms with Gasteiger partial charge >= 0.3 is 0 Å². The van der Waals surface area contributed by atoms with Gasteiger partial charge in [0.25, 0.3) is 0 Å². The minimum absolute atomic E-state index is 0.141. The number of nitrogens with one attached hydrogen (secondary N) is 1. The highest BCUT2D eigenvalue weighted by molar-refractivity contribution is 7.89. The topological polar surface area (TPSA) is 75.7 Å². The summed E-state index contributed by atoms with van der Waals surface area (Å²) < 4.78 is 32.5. The molecule has 0 saturated carbocycles.